The number of nitrogens with one attached hydrogen (secondary N) is 1. The zero-order chi connectivity index (χ0) is 25.4. The largest absolute Gasteiger partial charge is 0.496 e. The van der Waals surface area contributed by atoms with E-state index in [1.165, 1.54) is 43.8 Å². The van der Waals surface area contributed by atoms with Gasteiger partial charge in [0.1, 0.15) is 17.8 Å². The van der Waals surface area contributed by atoms with Gasteiger partial charge in [-0.15, -0.1) is 0 Å². The minimum absolute atomic E-state index is 0.0277. The molecule has 10 heteroatoms. The Morgan fingerprint density at radius 1 is 1.03 bits per heavy atom. The summed E-state index contributed by atoms with van der Waals surface area (Å²) in [6.07, 6.45) is 2.80. The molecule has 3 aromatic carbocycles. The molecule has 0 aliphatic carbocycles. The number of hydrogen-bond donors (Lipinski definition) is 1. The Balaban J connectivity index is 1.60. The Kier molecular flexibility index (Phi) is 6.11. The first kappa shape index (κ1) is 23.8. The number of aryl methyl sites for hydroxylation is 1. The van der Waals surface area contributed by atoms with Gasteiger partial charge in [0, 0.05) is 33.8 Å². The Morgan fingerprint density at radius 2 is 1.86 bits per heavy atom. The second-order valence-corrected chi connectivity index (χ2v) is 10.1. The van der Waals surface area contributed by atoms with E-state index in [1.807, 2.05) is 13.0 Å². The van der Waals surface area contributed by atoms with Crippen molar-refractivity contribution in [2.75, 3.05) is 11.8 Å². The highest BCUT2D eigenvalue weighted by Gasteiger charge is 2.20. The third-order valence-electron chi connectivity index (χ3n) is 5.75. The van der Waals surface area contributed by atoms with Crippen molar-refractivity contribution < 1.29 is 22.1 Å². The van der Waals surface area contributed by atoms with Crippen molar-refractivity contribution >= 4 is 38.2 Å². The van der Waals surface area contributed by atoms with Gasteiger partial charge in [-0.25, -0.2) is 12.8 Å². The van der Waals surface area contributed by atoms with Gasteiger partial charge in [-0.3, -0.25) is 9.71 Å². The van der Waals surface area contributed by atoms with E-state index in [1.54, 1.807) is 30.3 Å². The van der Waals surface area contributed by atoms with Crippen LogP contribution in [0.15, 0.2) is 82.5 Å². The third-order valence-corrected chi connectivity index (χ3v) is 7.51. The number of sulfonamides is 1. The standard InChI is InChI=1S/C26H19ClFN3O4S/c1-15-3-4-16(12-22(15)27)20-14-24(34-2)21(13-23(20)28)26-19-6-5-18(11-17(19)7-9-29-26)36(32,33)31-25-8-10-35-30-25/h3-14H,1-2H3,(H,30,31). The molecule has 0 fully saturated rings. The minimum Gasteiger partial charge on any atom is -0.496 e. The van der Waals surface area contributed by atoms with Gasteiger partial charge in [0.25, 0.3) is 10.0 Å². The number of halogens is 2. The lowest BCUT2D eigenvalue weighted by molar-refractivity contribution is 0.415. The van der Waals surface area contributed by atoms with Gasteiger partial charge in [0.05, 0.1) is 17.7 Å². The first-order valence-electron chi connectivity index (χ1n) is 10.7. The van der Waals surface area contributed by atoms with Crippen LogP contribution < -0.4 is 9.46 Å². The van der Waals surface area contributed by atoms with E-state index in [4.69, 9.17) is 16.3 Å². The molecule has 0 atom stereocenters. The van der Waals surface area contributed by atoms with E-state index in [9.17, 15) is 8.42 Å². The maximum Gasteiger partial charge on any atom is 0.263 e. The molecule has 0 unspecified atom stereocenters. The van der Waals surface area contributed by atoms with Crippen LogP contribution in [0.5, 0.6) is 5.75 Å². The topological polar surface area (TPSA) is 94.3 Å². The molecule has 182 valence electrons. The fourth-order valence-electron chi connectivity index (χ4n) is 3.89. The lowest BCUT2D eigenvalue weighted by Gasteiger charge is -2.14. The number of hydrogen-bond acceptors (Lipinski definition) is 6. The average Bonchev–Trinajstić information content (AvgIpc) is 3.37. The third kappa shape index (κ3) is 4.38. The number of pyridine rings is 1. The molecule has 1 N–H and O–H groups in total. The molecule has 2 aromatic heterocycles. The number of benzene rings is 3. The summed E-state index contributed by atoms with van der Waals surface area (Å²) < 4.78 is 53.5. The van der Waals surface area contributed by atoms with Crippen LogP contribution in [0, 0.1) is 12.7 Å². The highest BCUT2D eigenvalue weighted by Crippen LogP contribution is 2.39. The summed E-state index contributed by atoms with van der Waals surface area (Å²) in [7, 11) is -2.41. The van der Waals surface area contributed by atoms with Crippen LogP contribution in [-0.4, -0.2) is 25.7 Å². The minimum atomic E-state index is -3.90. The first-order valence-corrected chi connectivity index (χ1v) is 12.6. The zero-order valence-corrected chi connectivity index (χ0v) is 20.7. The van der Waals surface area contributed by atoms with Crippen LogP contribution in [0.4, 0.5) is 10.2 Å². The fraction of sp³-hybridized carbons (Fsp3) is 0.0769. The molecule has 0 amide bonds. The van der Waals surface area contributed by atoms with Gasteiger partial charge >= 0.3 is 0 Å². The Labute approximate surface area is 211 Å². The molecule has 0 aliphatic rings. The average molecular weight is 524 g/mol. The molecule has 5 aromatic rings. The monoisotopic (exact) mass is 523 g/mol. The maximum atomic E-state index is 15.3. The molecule has 0 bridgehead atoms. The summed E-state index contributed by atoms with van der Waals surface area (Å²) in [5, 5.41) is 5.34. The van der Waals surface area contributed by atoms with Crippen molar-refractivity contribution in [1.29, 1.82) is 0 Å². The zero-order valence-electron chi connectivity index (χ0n) is 19.1. The summed E-state index contributed by atoms with van der Waals surface area (Å²) in [6.45, 7) is 1.87. The van der Waals surface area contributed by atoms with E-state index in [0.29, 0.717) is 43.9 Å². The van der Waals surface area contributed by atoms with E-state index in [0.717, 1.165) is 5.56 Å². The van der Waals surface area contributed by atoms with Gasteiger partial charge in [-0.05, 0) is 59.8 Å². The highest BCUT2D eigenvalue weighted by molar-refractivity contribution is 7.92. The van der Waals surface area contributed by atoms with Crippen LogP contribution in [0.3, 0.4) is 0 Å². The second kappa shape index (κ2) is 9.25. The van der Waals surface area contributed by atoms with Gasteiger partial charge in [-0.2, -0.15) is 0 Å². The lowest BCUT2D eigenvalue weighted by atomic mass is 9.98. The fourth-order valence-corrected chi connectivity index (χ4v) is 5.10. The van der Waals surface area contributed by atoms with Crippen LogP contribution in [-0.2, 0) is 10.0 Å². The lowest BCUT2D eigenvalue weighted by Crippen LogP contribution is -2.13. The quantitative estimate of drug-likeness (QED) is 0.274. The molecular weight excluding hydrogens is 505 g/mol. The van der Waals surface area contributed by atoms with Gasteiger partial charge in [0.15, 0.2) is 5.82 Å². The number of fused-ring (bicyclic) bond motifs is 1. The van der Waals surface area contributed by atoms with Crippen molar-refractivity contribution in [2.24, 2.45) is 0 Å². The van der Waals surface area contributed by atoms with Crippen molar-refractivity contribution in [1.82, 2.24) is 10.1 Å². The Hall–Kier alpha value is -3.95. The summed E-state index contributed by atoms with van der Waals surface area (Å²) in [4.78, 5) is 4.48. The predicted octanol–water partition coefficient (Wildman–Crippen LogP) is 6.47. The molecule has 0 spiro atoms. The molecule has 0 radical (unpaired) electrons. The second-order valence-electron chi connectivity index (χ2n) is 8.03. The predicted molar refractivity (Wildman–Crippen MR) is 136 cm³/mol. The number of methoxy groups -OCH3 is 1. The molecule has 0 saturated heterocycles. The molecule has 0 saturated carbocycles. The number of anilines is 1. The van der Waals surface area contributed by atoms with E-state index >= 15 is 4.39 Å². The van der Waals surface area contributed by atoms with Gasteiger partial charge in [-0.1, -0.05) is 35.0 Å². The van der Waals surface area contributed by atoms with E-state index in [-0.39, 0.29) is 10.7 Å². The van der Waals surface area contributed by atoms with Gasteiger partial charge < -0.3 is 9.26 Å². The Morgan fingerprint density at radius 3 is 2.58 bits per heavy atom. The first-order chi connectivity index (χ1) is 17.3. The number of nitrogens with zero attached hydrogens (tertiary/aromatic N) is 2. The van der Waals surface area contributed by atoms with Crippen LogP contribution in [0.25, 0.3) is 33.2 Å². The van der Waals surface area contributed by atoms with Crippen molar-refractivity contribution in [2.45, 2.75) is 11.8 Å². The van der Waals surface area contributed by atoms with Crippen molar-refractivity contribution in [3.05, 3.63) is 89.5 Å². The summed E-state index contributed by atoms with van der Waals surface area (Å²) >= 11 is 6.25. The van der Waals surface area contributed by atoms with E-state index < -0.39 is 15.8 Å². The number of aromatic nitrogens is 2. The van der Waals surface area contributed by atoms with E-state index in [2.05, 4.69) is 19.4 Å². The molecule has 0 aliphatic heterocycles. The smallest absolute Gasteiger partial charge is 0.263 e. The van der Waals surface area contributed by atoms with Crippen LogP contribution in [0.1, 0.15) is 5.56 Å². The molecule has 2 heterocycles. The van der Waals surface area contributed by atoms with Gasteiger partial charge in [0.2, 0.25) is 0 Å². The number of ether oxygens (including phenoxy) is 1. The van der Waals surface area contributed by atoms with Crippen LogP contribution >= 0.6 is 11.6 Å². The summed E-state index contributed by atoms with van der Waals surface area (Å²) in [5.41, 5.74) is 2.73. The normalized spacial score (nSPS) is 11.6. The SMILES string of the molecule is COc1cc(-c2ccc(C)c(Cl)c2)c(F)cc1-c1nccc2cc(S(=O)(=O)Nc3ccon3)ccc12. The van der Waals surface area contributed by atoms with Crippen molar-refractivity contribution in [3.8, 4) is 28.1 Å². The van der Waals surface area contributed by atoms with Crippen LogP contribution in [0.2, 0.25) is 5.02 Å². The molecule has 7 nitrogen and oxygen atoms in total. The number of rotatable bonds is 6. The molecule has 36 heavy (non-hydrogen) atoms. The highest BCUT2D eigenvalue weighted by atomic mass is 35.5. The summed E-state index contributed by atoms with van der Waals surface area (Å²) in [5.74, 6) is 0.00806. The summed E-state index contributed by atoms with van der Waals surface area (Å²) in [6, 6.07) is 16.0. The molecule has 5 rings (SSSR count). The maximum absolute atomic E-state index is 15.3. The molecular formula is C26H19ClFN3O4S. The Bertz CT molecular complexity index is 1710. The van der Waals surface area contributed by atoms with Crippen molar-refractivity contribution in [3.63, 3.8) is 0 Å².